The lowest BCUT2D eigenvalue weighted by Gasteiger charge is -2.13. The fourth-order valence-corrected chi connectivity index (χ4v) is 1.50. The summed E-state index contributed by atoms with van der Waals surface area (Å²) in [4.78, 5) is 0. The number of nitrogens with two attached hydrogens (primary N) is 1. The van der Waals surface area contributed by atoms with Crippen LogP contribution in [-0.2, 0) is 0 Å². The number of hydrogen-bond donors (Lipinski definition) is 3. The van der Waals surface area contributed by atoms with Crippen molar-refractivity contribution < 1.29 is 5.21 Å². The molecular weight excluding hydrogens is 202 g/mol. The zero-order valence-corrected chi connectivity index (χ0v) is 9.56. The van der Waals surface area contributed by atoms with Gasteiger partial charge in [0.25, 0.3) is 0 Å². The second-order valence-corrected chi connectivity index (χ2v) is 3.78. The van der Waals surface area contributed by atoms with Crippen LogP contribution in [0.15, 0.2) is 35.5 Å². The highest BCUT2D eigenvalue weighted by molar-refractivity contribution is 5.79. The maximum absolute atomic E-state index is 8.36. The zero-order valence-electron chi connectivity index (χ0n) is 9.56. The Balaban J connectivity index is 2.23. The number of nitrogens with zero attached hydrogens (tertiary/aromatic N) is 1. The normalized spacial score (nSPS) is 13.7. The van der Waals surface area contributed by atoms with Crippen LogP contribution in [0.5, 0.6) is 0 Å². The van der Waals surface area contributed by atoms with Crippen molar-refractivity contribution in [3.8, 4) is 0 Å². The number of hydrogen-bond acceptors (Lipinski definition) is 3. The number of amidine groups is 1. The van der Waals surface area contributed by atoms with Crippen LogP contribution in [0.1, 0.15) is 31.4 Å². The van der Waals surface area contributed by atoms with Gasteiger partial charge >= 0.3 is 0 Å². The Hall–Kier alpha value is -1.55. The van der Waals surface area contributed by atoms with E-state index in [1.165, 1.54) is 5.56 Å². The van der Waals surface area contributed by atoms with Crippen LogP contribution in [0.4, 0.5) is 0 Å². The summed E-state index contributed by atoms with van der Waals surface area (Å²) in [7, 11) is 0. The highest BCUT2D eigenvalue weighted by Gasteiger charge is 2.02. The first kappa shape index (κ1) is 12.5. The molecule has 0 saturated carbocycles. The van der Waals surface area contributed by atoms with Crippen molar-refractivity contribution in [2.24, 2.45) is 10.9 Å². The lowest BCUT2D eigenvalue weighted by Crippen LogP contribution is -2.21. The molecule has 1 atom stereocenters. The van der Waals surface area contributed by atoms with Crippen molar-refractivity contribution in [2.45, 2.75) is 25.8 Å². The SMILES string of the molecule is C[C@@H](NCCCC(N)=NO)c1ccccc1. The Labute approximate surface area is 96.2 Å². The molecule has 0 aliphatic rings. The fourth-order valence-electron chi connectivity index (χ4n) is 1.50. The smallest absolute Gasteiger partial charge is 0.139 e. The Morgan fingerprint density at radius 3 is 2.75 bits per heavy atom. The monoisotopic (exact) mass is 221 g/mol. The molecule has 4 nitrogen and oxygen atoms in total. The van der Waals surface area contributed by atoms with Gasteiger partial charge in [-0.05, 0) is 25.5 Å². The van der Waals surface area contributed by atoms with Crippen molar-refractivity contribution in [2.75, 3.05) is 6.54 Å². The standard InChI is InChI=1S/C12H19N3O/c1-10(11-6-3-2-4-7-11)14-9-5-8-12(13)15-16/h2-4,6-7,10,14,16H,5,8-9H2,1H3,(H2,13,15)/t10-/m1/s1. The van der Waals surface area contributed by atoms with Crippen LogP contribution in [0.2, 0.25) is 0 Å². The maximum atomic E-state index is 8.36. The molecule has 1 aromatic rings. The van der Waals surface area contributed by atoms with E-state index in [2.05, 4.69) is 29.5 Å². The third kappa shape index (κ3) is 4.31. The molecule has 0 unspecified atom stereocenters. The zero-order chi connectivity index (χ0) is 11.8. The molecule has 0 amide bonds. The van der Waals surface area contributed by atoms with E-state index in [1.54, 1.807) is 0 Å². The van der Waals surface area contributed by atoms with Gasteiger partial charge in [0.05, 0.1) is 0 Å². The van der Waals surface area contributed by atoms with Crippen molar-refractivity contribution in [3.63, 3.8) is 0 Å². The number of nitrogens with one attached hydrogen (secondary N) is 1. The Morgan fingerprint density at radius 1 is 1.44 bits per heavy atom. The van der Waals surface area contributed by atoms with Crippen LogP contribution >= 0.6 is 0 Å². The van der Waals surface area contributed by atoms with Gasteiger partial charge in [0.2, 0.25) is 0 Å². The molecule has 1 rings (SSSR count). The lowest BCUT2D eigenvalue weighted by molar-refractivity contribution is 0.316. The first-order valence-corrected chi connectivity index (χ1v) is 5.48. The van der Waals surface area contributed by atoms with Gasteiger partial charge in [0.15, 0.2) is 0 Å². The van der Waals surface area contributed by atoms with E-state index < -0.39 is 0 Å². The Bertz CT molecular complexity index is 324. The summed E-state index contributed by atoms with van der Waals surface area (Å²) in [5.74, 6) is 0.286. The molecule has 88 valence electrons. The second-order valence-electron chi connectivity index (χ2n) is 3.78. The van der Waals surface area contributed by atoms with E-state index in [0.29, 0.717) is 12.5 Å². The molecule has 0 aliphatic heterocycles. The molecule has 0 fully saturated rings. The largest absolute Gasteiger partial charge is 0.409 e. The fraction of sp³-hybridized carbons (Fsp3) is 0.417. The van der Waals surface area contributed by atoms with Crippen molar-refractivity contribution in [1.82, 2.24) is 5.32 Å². The molecule has 16 heavy (non-hydrogen) atoms. The highest BCUT2D eigenvalue weighted by Crippen LogP contribution is 2.10. The van der Waals surface area contributed by atoms with Gasteiger partial charge in [0, 0.05) is 12.5 Å². The van der Waals surface area contributed by atoms with Gasteiger partial charge in [-0.25, -0.2) is 0 Å². The topological polar surface area (TPSA) is 70.6 Å². The minimum Gasteiger partial charge on any atom is -0.409 e. The summed E-state index contributed by atoms with van der Waals surface area (Å²) in [6.07, 6.45) is 1.48. The van der Waals surface area contributed by atoms with Gasteiger partial charge < -0.3 is 16.3 Å². The van der Waals surface area contributed by atoms with E-state index in [0.717, 1.165) is 13.0 Å². The van der Waals surface area contributed by atoms with Crippen LogP contribution in [-0.4, -0.2) is 17.6 Å². The van der Waals surface area contributed by atoms with Crippen LogP contribution in [0.25, 0.3) is 0 Å². The van der Waals surface area contributed by atoms with E-state index in [4.69, 9.17) is 10.9 Å². The molecule has 0 bridgehead atoms. The number of benzene rings is 1. The Morgan fingerprint density at radius 2 is 2.12 bits per heavy atom. The second kappa shape index (κ2) is 6.85. The average molecular weight is 221 g/mol. The van der Waals surface area contributed by atoms with Crippen LogP contribution in [0, 0.1) is 0 Å². The maximum Gasteiger partial charge on any atom is 0.139 e. The van der Waals surface area contributed by atoms with E-state index in [-0.39, 0.29) is 5.84 Å². The van der Waals surface area contributed by atoms with Gasteiger partial charge in [-0.2, -0.15) is 0 Å². The summed E-state index contributed by atoms with van der Waals surface area (Å²) in [6, 6.07) is 10.6. The first-order valence-electron chi connectivity index (χ1n) is 5.48. The quantitative estimate of drug-likeness (QED) is 0.226. The lowest BCUT2D eigenvalue weighted by atomic mass is 10.1. The van der Waals surface area contributed by atoms with E-state index in [9.17, 15) is 0 Å². The van der Waals surface area contributed by atoms with Crippen molar-refractivity contribution in [3.05, 3.63) is 35.9 Å². The summed E-state index contributed by atoms with van der Waals surface area (Å²) in [5.41, 5.74) is 6.64. The van der Waals surface area contributed by atoms with E-state index in [1.807, 2.05) is 18.2 Å². The minimum absolute atomic E-state index is 0.286. The summed E-state index contributed by atoms with van der Waals surface area (Å²) in [6.45, 7) is 2.98. The van der Waals surface area contributed by atoms with Gasteiger partial charge in [-0.1, -0.05) is 35.5 Å². The van der Waals surface area contributed by atoms with Gasteiger partial charge in [-0.3, -0.25) is 0 Å². The van der Waals surface area contributed by atoms with Crippen LogP contribution < -0.4 is 11.1 Å². The Kier molecular flexibility index (Phi) is 5.36. The molecule has 0 radical (unpaired) electrons. The molecular formula is C12H19N3O. The van der Waals surface area contributed by atoms with E-state index >= 15 is 0 Å². The third-order valence-electron chi connectivity index (χ3n) is 2.49. The third-order valence-corrected chi connectivity index (χ3v) is 2.49. The number of rotatable bonds is 6. The molecule has 4 N–H and O–H groups in total. The van der Waals surface area contributed by atoms with Gasteiger partial charge in [0.1, 0.15) is 5.84 Å². The first-order chi connectivity index (χ1) is 7.74. The molecule has 0 heterocycles. The minimum atomic E-state index is 0.286. The van der Waals surface area contributed by atoms with Gasteiger partial charge in [-0.15, -0.1) is 0 Å². The molecule has 0 aliphatic carbocycles. The van der Waals surface area contributed by atoms with Crippen LogP contribution in [0.3, 0.4) is 0 Å². The molecule has 0 saturated heterocycles. The summed E-state index contributed by atoms with van der Waals surface area (Å²) in [5, 5.41) is 14.7. The molecule has 0 aromatic heterocycles. The van der Waals surface area contributed by atoms with Crippen molar-refractivity contribution >= 4 is 5.84 Å². The highest BCUT2D eigenvalue weighted by atomic mass is 16.4. The molecule has 0 spiro atoms. The predicted molar refractivity (Wildman–Crippen MR) is 65.5 cm³/mol. The number of oxime groups is 1. The van der Waals surface area contributed by atoms with Crippen molar-refractivity contribution in [1.29, 1.82) is 0 Å². The average Bonchev–Trinajstić information content (AvgIpc) is 2.35. The summed E-state index contributed by atoms with van der Waals surface area (Å²) < 4.78 is 0. The predicted octanol–water partition coefficient (Wildman–Crippen LogP) is 1.86. The summed E-state index contributed by atoms with van der Waals surface area (Å²) >= 11 is 0. The molecule has 1 aromatic carbocycles. The molecule has 4 heteroatoms.